The van der Waals surface area contributed by atoms with E-state index in [1.807, 2.05) is 12.1 Å². The van der Waals surface area contributed by atoms with E-state index in [1.165, 1.54) is 12.7 Å². The van der Waals surface area contributed by atoms with E-state index >= 15 is 0 Å². The predicted octanol–water partition coefficient (Wildman–Crippen LogP) is 2.98. The van der Waals surface area contributed by atoms with Crippen LogP contribution in [0.5, 0.6) is 0 Å². The summed E-state index contributed by atoms with van der Waals surface area (Å²) in [6.07, 6.45) is 9.50. The molecule has 4 heterocycles. The van der Waals surface area contributed by atoms with Gasteiger partial charge in [0, 0.05) is 43.8 Å². The summed E-state index contributed by atoms with van der Waals surface area (Å²) in [7, 11) is 0. The van der Waals surface area contributed by atoms with E-state index in [0.717, 1.165) is 31.5 Å². The Hall–Kier alpha value is -3.26. The van der Waals surface area contributed by atoms with Crippen LogP contribution >= 0.6 is 0 Å². The Balaban J connectivity index is 1.51. The lowest BCUT2D eigenvalue weighted by Crippen LogP contribution is -2.32. The standard InChI is InChI=1S/C22H25N5O3/c28-18(19-5-4-14-30-19)8-11-24-21(29)17-15-25-22(27-12-2-1-3-13-27)26-20(17)16-6-9-23-10-7-16/h4-7,9-10,14-15,18,28H,1-3,8,11-13H2,(H,24,29). The van der Waals surface area contributed by atoms with Crippen molar-refractivity contribution in [1.82, 2.24) is 20.3 Å². The van der Waals surface area contributed by atoms with Gasteiger partial charge in [0.05, 0.1) is 17.5 Å². The van der Waals surface area contributed by atoms with Gasteiger partial charge in [-0.25, -0.2) is 9.97 Å². The number of carbonyl (C=O) groups excluding carboxylic acids is 1. The van der Waals surface area contributed by atoms with Crippen LogP contribution in [0.25, 0.3) is 11.3 Å². The van der Waals surface area contributed by atoms with Gasteiger partial charge in [0.25, 0.3) is 5.91 Å². The van der Waals surface area contributed by atoms with Crippen molar-refractivity contribution in [3.05, 3.63) is 60.4 Å². The van der Waals surface area contributed by atoms with E-state index in [1.54, 1.807) is 30.7 Å². The van der Waals surface area contributed by atoms with E-state index in [2.05, 4.69) is 20.2 Å². The third-order valence-electron chi connectivity index (χ3n) is 5.19. The molecule has 1 unspecified atom stereocenters. The molecule has 1 saturated heterocycles. The van der Waals surface area contributed by atoms with Crippen molar-refractivity contribution in [2.24, 2.45) is 0 Å². The fourth-order valence-corrected chi connectivity index (χ4v) is 3.56. The normalized spacial score (nSPS) is 15.0. The maximum absolute atomic E-state index is 12.9. The van der Waals surface area contributed by atoms with Gasteiger partial charge in [-0.1, -0.05) is 0 Å². The first-order valence-corrected chi connectivity index (χ1v) is 10.2. The van der Waals surface area contributed by atoms with E-state index in [-0.39, 0.29) is 5.91 Å². The molecular weight excluding hydrogens is 382 g/mol. The van der Waals surface area contributed by atoms with Crippen molar-refractivity contribution in [2.45, 2.75) is 31.8 Å². The van der Waals surface area contributed by atoms with Crippen molar-refractivity contribution in [3.8, 4) is 11.3 Å². The van der Waals surface area contributed by atoms with Crippen LogP contribution in [0.2, 0.25) is 0 Å². The molecule has 1 aliphatic rings. The Kier molecular flexibility index (Phi) is 6.34. The molecule has 0 spiro atoms. The van der Waals surface area contributed by atoms with Gasteiger partial charge in [-0.15, -0.1) is 0 Å². The first-order chi connectivity index (χ1) is 14.7. The highest BCUT2D eigenvalue weighted by atomic mass is 16.4. The third-order valence-corrected chi connectivity index (χ3v) is 5.19. The SMILES string of the molecule is O=C(NCCC(O)c1ccco1)c1cnc(N2CCCCC2)nc1-c1ccncc1. The molecule has 1 fully saturated rings. The number of carbonyl (C=O) groups is 1. The van der Waals surface area contributed by atoms with Crippen LogP contribution in [0, 0.1) is 0 Å². The molecule has 30 heavy (non-hydrogen) atoms. The molecule has 0 aliphatic carbocycles. The van der Waals surface area contributed by atoms with Crippen LogP contribution in [0.4, 0.5) is 5.95 Å². The first-order valence-electron chi connectivity index (χ1n) is 10.2. The topological polar surface area (TPSA) is 104 Å². The van der Waals surface area contributed by atoms with Crippen molar-refractivity contribution in [1.29, 1.82) is 0 Å². The predicted molar refractivity (Wildman–Crippen MR) is 112 cm³/mol. The number of anilines is 1. The molecule has 0 saturated carbocycles. The highest BCUT2D eigenvalue weighted by Crippen LogP contribution is 2.24. The molecule has 0 radical (unpaired) electrons. The number of hydrogen-bond acceptors (Lipinski definition) is 7. The zero-order valence-corrected chi connectivity index (χ0v) is 16.7. The van der Waals surface area contributed by atoms with Gasteiger partial charge in [-0.3, -0.25) is 9.78 Å². The molecular formula is C22H25N5O3. The highest BCUT2D eigenvalue weighted by molar-refractivity contribution is 5.99. The Bertz CT molecular complexity index is 956. The number of nitrogens with zero attached hydrogens (tertiary/aromatic N) is 4. The third kappa shape index (κ3) is 4.65. The number of furan rings is 1. The minimum absolute atomic E-state index is 0.279. The van der Waals surface area contributed by atoms with E-state index < -0.39 is 6.10 Å². The van der Waals surface area contributed by atoms with Crippen LogP contribution < -0.4 is 10.2 Å². The minimum Gasteiger partial charge on any atom is -0.467 e. The van der Waals surface area contributed by atoms with Gasteiger partial charge < -0.3 is 19.7 Å². The van der Waals surface area contributed by atoms with Gasteiger partial charge in [-0.05, 0) is 49.9 Å². The second-order valence-corrected chi connectivity index (χ2v) is 7.29. The van der Waals surface area contributed by atoms with Gasteiger partial charge in [-0.2, -0.15) is 0 Å². The fraction of sp³-hybridized carbons (Fsp3) is 0.364. The van der Waals surface area contributed by atoms with Crippen molar-refractivity contribution < 1.29 is 14.3 Å². The number of rotatable bonds is 7. The number of aliphatic hydroxyl groups excluding tert-OH is 1. The smallest absolute Gasteiger partial charge is 0.255 e. The largest absolute Gasteiger partial charge is 0.467 e. The fourth-order valence-electron chi connectivity index (χ4n) is 3.56. The average Bonchev–Trinajstić information content (AvgIpc) is 3.35. The quantitative estimate of drug-likeness (QED) is 0.620. The maximum Gasteiger partial charge on any atom is 0.255 e. The number of aliphatic hydroxyl groups is 1. The summed E-state index contributed by atoms with van der Waals surface area (Å²) in [5.74, 6) is 0.848. The Morgan fingerprint density at radius 1 is 1.20 bits per heavy atom. The van der Waals surface area contributed by atoms with E-state index in [0.29, 0.717) is 35.9 Å². The second kappa shape index (κ2) is 9.49. The van der Waals surface area contributed by atoms with Crippen LogP contribution in [-0.2, 0) is 0 Å². The summed E-state index contributed by atoms with van der Waals surface area (Å²) in [5.41, 5.74) is 1.79. The summed E-state index contributed by atoms with van der Waals surface area (Å²) in [6.45, 7) is 2.14. The number of amides is 1. The van der Waals surface area contributed by atoms with Crippen LogP contribution in [0.1, 0.15) is 47.9 Å². The monoisotopic (exact) mass is 407 g/mol. The van der Waals surface area contributed by atoms with Gasteiger partial charge in [0.15, 0.2) is 0 Å². The molecule has 1 aliphatic heterocycles. The zero-order chi connectivity index (χ0) is 20.8. The lowest BCUT2D eigenvalue weighted by molar-refractivity contribution is 0.0936. The molecule has 3 aromatic heterocycles. The zero-order valence-electron chi connectivity index (χ0n) is 16.7. The molecule has 0 bridgehead atoms. The molecule has 0 aromatic carbocycles. The molecule has 4 rings (SSSR count). The molecule has 2 N–H and O–H groups in total. The summed E-state index contributed by atoms with van der Waals surface area (Å²) >= 11 is 0. The van der Waals surface area contributed by atoms with Crippen LogP contribution in [-0.4, -0.2) is 45.6 Å². The first kappa shape index (κ1) is 20.0. The van der Waals surface area contributed by atoms with Gasteiger partial charge in [0.1, 0.15) is 11.9 Å². The van der Waals surface area contributed by atoms with Gasteiger partial charge >= 0.3 is 0 Å². The Labute approximate surface area is 175 Å². The van der Waals surface area contributed by atoms with Gasteiger partial charge in [0.2, 0.25) is 5.95 Å². The van der Waals surface area contributed by atoms with Crippen molar-refractivity contribution in [3.63, 3.8) is 0 Å². The Morgan fingerprint density at radius 3 is 2.73 bits per heavy atom. The molecule has 1 amide bonds. The number of hydrogen-bond donors (Lipinski definition) is 2. The number of pyridine rings is 1. The molecule has 1 atom stereocenters. The van der Waals surface area contributed by atoms with Crippen molar-refractivity contribution >= 4 is 11.9 Å². The lowest BCUT2D eigenvalue weighted by atomic mass is 10.1. The summed E-state index contributed by atoms with van der Waals surface area (Å²) in [4.78, 5) is 28.3. The number of piperidine rings is 1. The summed E-state index contributed by atoms with van der Waals surface area (Å²) < 4.78 is 5.19. The summed E-state index contributed by atoms with van der Waals surface area (Å²) in [6, 6.07) is 7.10. The number of aromatic nitrogens is 3. The van der Waals surface area contributed by atoms with Crippen LogP contribution in [0.3, 0.4) is 0 Å². The molecule has 3 aromatic rings. The molecule has 8 heteroatoms. The Morgan fingerprint density at radius 2 is 2.00 bits per heavy atom. The number of nitrogens with one attached hydrogen (secondary N) is 1. The van der Waals surface area contributed by atoms with Crippen molar-refractivity contribution in [2.75, 3.05) is 24.5 Å². The minimum atomic E-state index is -0.766. The highest BCUT2D eigenvalue weighted by Gasteiger charge is 2.20. The van der Waals surface area contributed by atoms with Crippen LogP contribution in [0.15, 0.2) is 53.5 Å². The lowest BCUT2D eigenvalue weighted by Gasteiger charge is -2.27. The summed E-state index contributed by atoms with van der Waals surface area (Å²) in [5, 5.41) is 13.0. The molecule has 156 valence electrons. The van der Waals surface area contributed by atoms with E-state index in [4.69, 9.17) is 9.40 Å². The maximum atomic E-state index is 12.9. The molecule has 8 nitrogen and oxygen atoms in total. The second-order valence-electron chi connectivity index (χ2n) is 7.29. The average molecular weight is 407 g/mol. The van der Waals surface area contributed by atoms with E-state index in [9.17, 15) is 9.90 Å².